The molecule has 0 spiro atoms. The van der Waals surface area contributed by atoms with Crippen molar-refractivity contribution in [2.75, 3.05) is 0 Å². The summed E-state index contributed by atoms with van der Waals surface area (Å²) in [5.74, 6) is -2.62. The fourth-order valence-electron chi connectivity index (χ4n) is 1.61. The number of carboxylic acid groups (broad SMARTS) is 2. The lowest BCUT2D eigenvalue weighted by Gasteiger charge is -2.15. The Labute approximate surface area is 130 Å². The normalized spacial score (nSPS) is 12.9. The maximum atomic E-state index is 12.2. The van der Waals surface area contributed by atoms with Gasteiger partial charge in [0.1, 0.15) is 6.04 Å². The van der Waals surface area contributed by atoms with Crippen LogP contribution in [0.4, 0.5) is 0 Å². The lowest BCUT2D eigenvalue weighted by atomic mass is 10.2. The first-order chi connectivity index (χ1) is 9.63. The summed E-state index contributed by atoms with van der Waals surface area (Å²) in [7, 11) is -4.06. The van der Waals surface area contributed by atoms with Crippen LogP contribution in [-0.2, 0) is 19.6 Å². The van der Waals surface area contributed by atoms with Gasteiger partial charge in [-0.15, -0.1) is 0 Å². The van der Waals surface area contributed by atoms with E-state index < -0.39 is 34.4 Å². The van der Waals surface area contributed by atoms with Crippen LogP contribution < -0.4 is 4.72 Å². The highest BCUT2D eigenvalue weighted by Gasteiger charge is 2.27. The number of hydrogen-bond donors (Lipinski definition) is 3. The number of aryl methyl sites for hydroxylation is 1. The monoisotopic (exact) mass is 379 g/mol. The van der Waals surface area contributed by atoms with E-state index in [1.165, 1.54) is 6.07 Å². The van der Waals surface area contributed by atoms with Gasteiger partial charge in [-0.1, -0.05) is 22.0 Å². The van der Waals surface area contributed by atoms with Crippen molar-refractivity contribution >= 4 is 37.9 Å². The molecule has 1 aromatic carbocycles. The molecule has 1 rings (SSSR count). The number of aliphatic carboxylic acids is 2. The first-order valence-corrected chi connectivity index (χ1v) is 8.14. The highest BCUT2D eigenvalue weighted by molar-refractivity contribution is 9.10. The molecule has 116 valence electrons. The van der Waals surface area contributed by atoms with Crippen LogP contribution in [0.5, 0.6) is 0 Å². The van der Waals surface area contributed by atoms with Gasteiger partial charge in [-0.25, -0.2) is 8.42 Å². The summed E-state index contributed by atoms with van der Waals surface area (Å²) in [6, 6.07) is 3.09. The Bertz CT molecular complexity index is 658. The summed E-state index contributed by atoms with van der Waals surface area (Å²) in [5.41, 5.74) is 0.452. The molecule has 0 aliphatic rings. The van der Waals surface area contributed by atoms with Gasteiger partial charge in [-0.2, -0.15) is 4.72 Å². The molecule has 1 aromatic rings. The van der Waals surface area contributed by atoms with Crippen molar-refractivity contribution in [3.8, 4) is 0 Å². The van der Waals surface area contributed by atoms with Crippen LogP contribution >= 0.6 is 15.9 Å². The second kappa shape index (κ2) is 7.01. The number of sulfonamides is 1. The van der Waals surface area contributed by atoms with E-state index in [0.717, 1.165) is 0 Å². The number of rotatable bonds is 7. The van der Waals surface area contributed by atoms with E-state index in [0.29, 0.717) is 10.0 Å². The number of carbonyl (C=O) groups is 2. The Hall–Kier alpha value is -1.45. The van der Waals surface area contributed by atoms with Crippen molar-refractivity contribution < 1.29 is 28.2 Å². The molecule has 0 aliphatic heterocycles. The molecule has 21 heavy (non-hydrogen) atoms. The van der Waals surface area contributed by atoms with Crippen molar-refractivity contribution in [2.45, 2.75) is 30.7 Å². The second-order valence-electron chi connectivity index (χ2n) is 4.35. The largest absolute Gasteiger partial charge is 0.481 e. The minimum absolute atomic E-state index is 0.0570. The lowest BCUT2D eigenvalue weighted by Crippen LogP contribution is -2.41. The van der Waals surface area contributed by atoms with E-state index in [1.54, 1.807) is 19.1 Å². The van der Waals surface area contributed by atoms with Gasteiger partial charge in [0.15, 0.2) is 0 Å². The number of hydrogen-bond acceptors (Lipinski definition) is 4. The van der Waals surface area contributed by atoms with Crippen LogP contribution in [0.25, 0.3) is 0 Å². The molecule has 0 heterocycles. The Balaban J connectivity index is 3.03. The van der Waals surface area contributed by atoms with Gasteiger partial charge in [0.25, 0.3) is 0 Å². The Morgan fingerprint density at radius 3 is 2.48 bits per heavy atom. The number of halogens is 1. The smallest absolute Gasteiger partial charge is 0.321 e. The SMILES string of the molecule is Cc1ccc(Br)cc1S(=O)(=O)NC(CCC(=O)O)C(=O)O. The molecule has 0 aliphatic carbocycles. The van der Waals surface area contributed by atoms with E-state index in [1.807, 2.05) is 4.72 Å². The van der Waals surface area contributed by atoms with Crippen LogP contribution in [0.1, 0.15) is 18.4 Å². The van der Waals surface area contributed by atoms with E-state index in [-0.39, 0.29) is 11.3 Å². The van der Waals surface area contributed by atoms with E-state index >= 15 is 0 Å². The predicted octanol–water partition coefficient (Wildman–Crippen LogP) is 1.35. The first-order valence-electron chi connectivity index (χ1n) is 5.86. The zero-order valence-electron chi connectivity index (χ0n) is 11.0. The van der Waals surface area contributed by atoms with Crippen molar-refractivity contribution in [3.05, 3.63) is 28.2 Å². The second-order valence-corrected chi connectivity index (χ2v) is 6.95. The average molecular weight is 380 g/mol. The first kappa shape index (κ1) is 17.6. The maximum absolute atomic E-state index is 12.2. The van der Waals surface area contributed by atoms with Gasteiger partial charge in [-0.05, 0) is 31.0 Å². The van der Waals surface area contributed by atoms with Crippen molar-refractivity contribution in [2.24, 2.45) is 0 Å². The van der Waals surface area contributed by atoms with Gasteiger partial charge in [0.05, 0.1) is 4.90 Å². The van der Waals surface area contributed by atoms with E-state index in [4.69, 9.17) is 10.2 Å². The summed E-state index contributed by atoms with van der Waals surface area (Å²) < 4.78 is 27.0. The minimum Gasteiger partial charge on any atom is -0.481 e. The van der Waals surface area contributed by atoms with E-state index in [2.05, 4.69) is 15.9 Å². The molecule has 0 fully saturated rings. The molecule has 0 aromatic heterocycles. The van der Waals surface area contributed by atoms with Crippen LogP contribution in [0, 0.1) is 6.92 Å². The zero-order chi connectivity index (χ0) is 16.2. The van der Waals surface area contributed by atoms with Crippen LogP contribution in [0.15, 0.2) is 27.6 Å². The highest BCUT2D eigenvalue weighted by atomic mass is 79.9. The fraction of sp³-hybridized carbons (Fsp3) is 0.333. The highest BCUT2D eigenvalue weighted by Crippen LogP contribution is 2.21. The summed E-state index contributed by atoms with van der Waals surface area (Å²) in [5, 5.41) is 17.6. The molecule has 0 bridgehead atoms. The third-order valence-electron chi connectivity index (χ3n) is 2.68. The van der Waals surface area contributed by atoms with Crippen LogP contribution in [0.2, 0.25) is 0 Å². The molecule has 0 saturated carbocycles. The number of nitrogens with one attached hydrogen (secondary N) is 1. The summed E-state index contributed by atoms with van der Waals surface area (Å²) in [6.07, 6.45) is -0.784. The predicted molar refractivity (Wildman–Crippen MR) is 77.5 cm³/mol. The quantitative estimate of drug-likeness (QED) is 0.657. The molecule has 0 radical (unpaired) electrons. The minimum atomic E-state index is -4.06. The van der Waals surface area contributed by atoms with Crippen LogP contribution in [0.3, 0.4) is 0 Å². The Morgan fingerprint density at radius 1 is 1.33 bits per heavy atom. The van der Waals surface area contributed by atoms with Crippen LogP contribution in [-0.4, -0.2) is 36.6 Å². The van der Waals surface area contributed by atoms with Crippen molar-refractivity contribution in [3.63, 3.8) is 0 Å². The number of carboxylic acids is 2. The van der Waals surface area contributed by atoms with Crippen molar-refractivity contribution in [1.82, 2.24) is 4.72 Å². The van der Waals surface area contributed by atoms with Gasteiger partial charge in [0.2, 0.25) is 10.0 Å². The number of benzene rings is 1. The molecule has 0 amide bonds. The average Bonchev–Trinajstić information content (AvgIpc) is 2.36. The maximum Gasteiger partial charge on any atom is 0.321 e. The molecule has 1 unspecified atom stereocenters. The molecule has 3 N–H and O–H groups in total. The summed E-state index contributed by atoms with van der Waals surface area (Å²) >= 11 is 3.15. The van der Waals surface area contributed by atoms with Gasteiger partial charge < -0.3 is 10.2 Å². The molecule has 1 atom stereocenters. The van der Waals surface area contributed by atoms with Gasteiger partial charge >= 0.3 is 11.9 Å². The molecule has 9 heteroatoms. The van der Waals surface area contributed by atoms with E-state index in [9.17, 15) is 18.0 Å². The third kappa shape index (κ3) is 5.10. The summed E-state index contributed by atoms with van der Waals surface area (Å²) in [4.78, 5) is 21.5. The van der Waals surface area contributed by atoms with Gasteiger partial charge in [-0.3, -0.25) is 9.59 Å². The van der Waals surface area contributed by atoms with Crippen molar-refractivity contribution in [1.29, 1.82) is 0 Å². The standard InChI is InChI=1S/C12H14BrNO6S/c1-7-2-3-8(13)6-10(7)21(19,20)14-9(12(17)18)4-5-11(15)16/h2-3,6,9,14H,4-5H2,1H3,(H,15,16)(H,17,18). The molecule has 0 saturated heterocycles. The zero-order valence-corrected chi connectivity index (χ0v) is 13.4. The third-order valence-corrected chi connectivity index (χ3v) is 4.79. The fourth-order valence-corrected chi connectivity index (χ4v) is 3.62. The topological polar surface area (TPSA) is 121 Å². The summed E-state index contributed by atoms with van der Waals surface area (Å²) in [6.45, 7) is 1.58. The Morgan fingerprint density at radius 2 is 1.95 bits per heavy atom. The molecular weight excluding hydrogens is 366 g/mol. The molecular formula is C12H14BrNO6S. The molecule has 7 nitrogen and oxygen atoms in total. The lowest BCUT2D eigenvalue weighted by molar-refractivity contribution is -0.140. The Kier molecular flexibility index (Phi) is 5.87. The van der Waals surface area contributed by atoms with Gasteiger partial charge in [0, 0.05) is 10.9 Å².